The molecule has 1 rings (SSSR count). The van der Waals surface area contributed by atoms with Gasteiger partial charge in [0.1, 0.15) is 0 Å². The first-order chi connectivity index (χ1) is 9.17. The van der Waals surface area contributed by atoms with E-state index in [2.05, 4.69) is 26.0 Å². The normalized spacial score (nSPS) is 13.4. The van der Waals surface area contributed by atoms with Crippen LogP contribution in [-0.2, 0) is 0 Å². The molecular formula is C12H16BrF3N2O2. The molecule has 2 N–H and O–H groups in total. The van der Waals surface area contributed by atoms with Crippen molar-refractivity contribution in [2.24, 2.45) is 0 Å². The zero-order valence-corrected chi connectivity index (χ0v) is 12.6. The van der Waals surface area contributed by atoms with Gasteiger partial charge < -0.3 is 20.1 Å². The van der Waals surface area contributed by atoms with Gasteiger partial charge in [0.15, 0.2) is 5.75 Å². The van der Waals surface area contributed by atoms with E-state index in [0.717, 1.165) is 0 Å². The number of benzene rings is 1. The molecule has 20 heavy (non-hydrogen) atoms. The fraction of sp³-hybridized carbons (Fsp3) is 0.500. The average molecular weight is 357 g/mol. The molecule has 1 aromatic carbocycles. The molecule has 0 saturated heterocycles. The maximum Gasteiger partial charge on any atom is 0.573 e. The second kappa shape index (κ2) is 7.14. The monoisotopic (exact) mass is 356 g/mol. The fourth-order valence-corrected chi connectivity index (χ4v) is 1.91. The smallest absolute Gasteiger partial charge is 0.404 e. The standard InChI is InChI=1S/C12H16BrF3N2O2/c1-18(2)7-9(19)6-17-10-4-3-8(13)5-11(10)20-12(14,15)16/h3-5,9,17,19H,6-7H2,1-2H3. The van der Waals surface area contributed by atoms with E-state index in [9.17, 15) is 18.3 Å². The number of likely N-dealkylation sites (N-methyl/N-ethyl adjacent to an activating group) is 1. The summed E-state index contributed by atoms with van der Waals surface area (Å²) in [6.45, 7) is 0.521. The van der Waals surface area contributed by atoms with Crippen LogP contribution in [0.5, 0.6) is 5.75 Å². The molecule has 0 heterocycles. The Labute approximate surface area is 123 Å². The summed E-state index contributed by atoms with van der Waals surface area (Å²) in [5, 5.41) is 12.4. The van der Waals surface area contributed by atoms with E-state index in [-0.39, 0.29) is 18.0 Å². The summed E-state index contributed by atoms with van der Waals surface area (Å²) in [7, 11) is 3.59. The minimum Gasteiger partial charge on any atom is -0.404 e. The van der Waals surface area contributed by atoms with Crippen LogP contribution in [0.25, 0.3) is 0 Å². The number of aliphatic hydroxyl groups excluding tert-OH is 1. The number of halogens is 4. The molecule has 0 aromatic heterocycles. The highest BCUT2D eigenvalue weighted by Crippen LogP contribution is 2.32. The molecule has 0 spiro atoms. The summed E-state index contributed by atoms with van der Waals surface area (Å²) in [6, 6.07) is 4.26. The minimum atomic E-state index is -4.76. The van der Waals surface area contributed by atoms with Crippen molar-refractivity contribution in [1.82, 2.24) is 4.90 Å². The van der Waals surface area contributed by atoms with Gasteiger partial charge in [-0.3, -0.25) is 0 Å². The second-order valence-electron chi connectivity index (χ2n) is 4.49. The van der Waals surface area contributed by atoms with E-state index >= 15 is 0 Å². The lowest BCUT2D eigenvalue weighted by Crippen LogP contribution is -2.31. The number of anilines is 1. The number of hydrogen-bond donors (Lipinski definition) is 2. The Balaban J connectivity index is 2.74. The lowest BCUT2D eigenvalue weighted by molar-refractivity contribution is -0.274. The highest BCUT2D eigenvalue weighted by atomic mass is 79.9. The quantitative estimate of drug-likeness (QED) is 0.822. The second-order valence-corrected chi connectivity index (χ2v) is 5.40. The van der Waals surface area contributed by atoms with Crippen molar-refractivity contribution in [1.29, 1.82) is 0 Å². The molecule has 4 nitrogen and oxygen atoms in total. The molecule has 0 aliphatic carbocycles. The summed E-state index contributed by atoms with van der Waals surface area (Å²) in [5.41, 5.74) is 0.170. The van der Waals surface area contributed by atoms with Gasteiger partial charge in [-0.05, 0) is 32.3 Å². The number of ether oxygens (including phenoxy) is 1. The van der Waals surface area contributed by atoms with Crippen molar-refractivity contribution < 1.29 is 23.0 Å². The third kappa shape index (κ3) is 6.44. The van der Waals surface area contributed by atoms with Gasteiger partial charge in [-0.25, -0.2) is 0 Å². The van der Waals surface area contributed by atoms with Gasteiger partial charge >= 0.3 is 6.36 Å². The molecule has 0 radical (unpaired) electrons. The topological polar surface area (TPSA) is 44.7 Å². The summed E-state index contributed by atoms with van der Waals surface area (Å²) in [5.74, 6) is -0.344. The first kappa shape index (κ1) is 17.1. The molecular weight excluding hydrogens is 341 g/mol. The molecule has 0 aliphatic heterocycles. The molecule has 0 bridgehead atoms. The van der Waals surface area contributed by atoms with Gasteiger partial charge in [-0.1, -0.05) is 15.9 Å². The summed E-state index contributed by atoms with van der Waals surface area (Å²) in [6.07, 6.45) is -5.47. The average Bonchev–Trinajstić information content (AvgIpc) is 2.24. The molecule has 8 heteroatoms. The number of alkyl halides is 3. The summed E-state index contributed by atoms with van der Waals surface area (Å²) < 4.78 is 41.3. The predicted octanol–water partition coefficient (Wildman–Crippen LogP) is 2.68. The van der Waals surface area contributed by atoms with Crippen LogP contribution in [0.4, 0.5) is 18.9 Å². The molecule has 1 atom stereocenters. The van der Waals surface area contributed by atoms with E-state index in [1.54, 1.807) is 25.1 Å². The number of nitrogens with one attached hydrogen (secondary N) is 1. The van der Waals surface area contributed by atoms with Gasteiger partial charge in [0.05, 0.1) is 11.8 Å². The van der Waals surface area contributed by atoms with Crippen molar-refractivity contribution >= 4 is 21.6 Å². The summed E-state index contributed by atoms with van der Waals surface area (Å²) in [4.78, 5) is 1.78. The molecule has 114 valence electrons. The van der Waals surface area contributed by atoms with Crippen LogP contribution in [0.2, 0.25) is 0 Å². The maximum atomic E-state index is 12.3. The van der Waals surface area contributed by atoms with Crippen molar-refractivity contribution in [3.05, 3.63) is 22.7 Å². The van der Waals surface area contributed by atoms with Crippen molar-refractivity contribution in [2.45, 2.75) is 12.5 Å². The lowest BCUT2D eigenvalue weighted by atomic mass is 10.2. The molecule has 1 unspecified atom stereocenters. The van der Waals surface area contributed by atoms with Crippen LogP contribution in [0.3, 0.4) is 0 Å². The van der Waals surface area contributed by atoms with Crippen molar-refractivity contribution in [3.63, 3.8) is 0 Å². The van der Waals surface area contributed by atoms with Gasteiger partial charge in [-0.2, -0.15) is 0 Å². The zero-order chi connectivity index (χ0) is 15.3. The Morgan fingerprint density at radius 3 is 2.60 bits per heavy atom. The fourth-order valence-electron chi connectivity index (χ4n) is 1.57. The van der Waals surface area contributed by atoms with Crippen LogP contribution in [0.15, 0.2) is 22.7 Å². The Kier molecular flexibility index (Phi) is 6.09. The van der Waals surface area contributed by atoms with E-state index < -0.39 is 12.5 Å². The van der Waals surface area contributed by atoms with Gasteiger partial charge in [-0.15, -0.1) is 13.2 Å². The zero-order valence-electron chi connectivity index (χ0n) is 11.0. The van der Waals surface area contributed by atoms with E-state index in [4.69, 9.17) is 0 Å². The highest BCUT2D eigenvalue weighted by molar-refractivity contribution is 9.10. The largest absolute Gasteiger partial charge is 0.573 e. The Morgan fingerprint density at radius 1 is 1.40 bits per heavy atom. The summed E-state index contributed by atoms with van der Waals surface area (Å²) >= 11 is 3.09. The predicted molar refractivity (Wildman–Crippen MR) is 73.9 cm³/mol. The van der Waals surface area contributed by atoms with Crippen LogP contribution in [-0.4, -0.2) is 49.7 Å². The first-order valence-electron chi connectivity index (χ1n) is 5.79. The third-order valence-electron chi connectivity index (χ3n) is 2.27. The van der Waals surface area contributed by atoms with Crippen LogP contribution in [0.1, 0.15) is 0 Å². The Bertz CT molecular complexity index is 441. The lowest BCUT2D eigenvalue weighted by Gasteiger charge is -2.19. The number of nitrogens with zero attached hydrogens (tertiary/aromatic N) is 1. The minimum absolute atomic E-state index is 0.119. The highest BCUT2D eigenvalue weighted by Gasteiger charge is 2.32. The van der Waals surface area contributed by atoms with Crippen molar-refractivity contribution in [2.75, 3.05) is 32.5 Å². The molecule has 1 aromatic rings. The number of hydrogen-bond acceptors (Lipinski definition) is 4. The molecule has 0 fully saturated rings. The van der Waals surface area contributed by atoms with Gasteiger partial charge in [0, 0.05) is 17.6 Å². The van der Waals surface area contributed by atoms with Crippen LogP contribution in [0, 0.1) is 0 Å². The van der Waals surface area contributed by atoms with Crippen molar-refractivity contribution in [3.8, 4) is 5.75 Å². The molecule has 0 amide bonds. The van der Waals surface area contributed by atoms with Crippen LogP contribution >= 0.6 is 15.9 Å². The Morgan fingerprint density at radius 2 is 2.05 bits per heavy atom. The maximum absolute atomic E-state index is 12.3. The van der Waals surface area contributed by atoms with Gasteiger partial charge in [0.25, 0.3) is 0 Å². The van der Waals surface area contributed by atoms with E-state index in [1.165, 1.54) is 12.1 Å². The van der Waals surface area contributed by atoms with E-state index in [1.807, 2.05) is 0 Å². The SMILES string of the molecule is CN(C)CC(O)CNc1ccc(Br)cc1OC(F)(F)F. The third-order valence-corrected chi connectivity index (χ3v) is 2.77. The molecule has 0 aliphatic rings. The van der Waals surface area contributed by atoms with Gasteiger partial charge in [0.2, 0.25) is 0 Å². The van der Waals surface area contributed by atoms with Crippen LogP contribution < -0.4 is 10.1 Å². The number of aliphatic hydroxyl groups is 1. The molecule has 0 saturated carbocycles. The van der Waals surface area contributed by atoms with E-state index in [0.29, 0.717) is 11.0 Å². The Hall–Kier alpha value is -0.990. The first-order valence-corrected chi connectivity index (χ1v) is 6.58. The number of rotatable bonds is 6.